The molecule has 0 aromatic carbocycles. The second kappa shape index (κ2) is 2.83. The van der Waals surface area contributed by atoms with Gasteiger partial charge in [-0.25, -0.2) is 0 Å². The molecule has 0 aromatic heterocycles. The van der Waals surface area contributed by atoms with Gasteiger partial charge in [0, 0.05) is 6.04 Å². The van der Waals surface area contributed by atoms with Gasteiger partial charge < -0.3 is 5.32 Å². The Labute approximate surface area is 56.5 Å². The summed E-state index contributed by atoms with van der Waals surface area (Å²) in [6, 6.07) is 0.564. The zero-order chi connectivity index (χ0) is 6.69. The summed E-state index contributed by atoms with van der Waals surface area (Å²) in [5.74, 6) is 0. The van der Waals surface area contributed by atoms with Crippen molar-refractivity contribution < 1.29 is 0 Å². The van der Waals surface area contributed by atoms with Crippen LogP contribution < -0.4 is 5.32 Å². The molecule has 1 rings (SSSR count). The summed E-state index contributed by atoms with van der Waals surface area (Å²) in [5.41, 5.74) is 1.38. The smallest absolute Gasteiger partial charge is 0.0285 e. The molecule has 0 amide bonds. The number of hydrogen-bond acceptors (Lipinski definition) is 1. The molecule has 0 aromatic rings. The van der Waals surface area contributed by atoms with Crippen LogP contribution >= 0.6 is 0 Å². The highest BCUT2D eigenvalue weighted by atomic mass is 14.9. The third-order valence-electron chi connectivity index (χ3n) is 1.66. The van der Waals surface area contributed by atoms with Gasteiger partial charge >= 0.3 is 0 Å². The average Bonchev–Trinajstić information content (AvgIpc) is 1.90. The van der Waals surface area contributed by atoms with Gasteiger partial charge in [-0.15, -0.1) is 0 Å². The summed E-state index contributed by atoms with van der Waals surface area (Å²) in [4.78, 5) is 0. The van der Waals surface area contributed by atoms with Crippen LogP contribution in [0.4, 0.5) is 0 Å². The van der Waals surface area contributed by atoms with E-state index in [1.54, 1.807) is 0 Å². The highest BCUT2D eigenvalue weighted by Gasteiger charge is 2.01. The van der Waals surface area contributed by atoms with Crippen molar-refractivity contribution >= 4 is 0 Å². The van der Waals surface area contributed by atoms with Gasteiger partial charge in [0.25, 0.3) is 0 Å². The van der Waals surface area contributed by atoms with Gasteiger partial charge in [0.05, 0.1) is 0 Å². The predicted octanol–water partition coefficient (Wildman–Crippen LogP) is 1.48. The molecule has 0 saturated heterocycles. The van der Waals surface area contributed by atoms with Crippen molar-refractivity contribution in [3.05, 3.63) is 23.8 Å². The number of nitrogens with one attached hydrogen (secondary N) is 1. The molecule has 1 aliphatic rings. The third kappa shape index (κ3) is 1.68. The van der Waals surface area contributed by atoms with Crippen LogP contribution in [-0.4, -0.2) is 13.1 Å². The van der Waals surface area contributed by atoms with Crippen LogP contribution in [0.15, 0.2) is 23.8 Å². The van der Waals surface area contributed by atoms with Crippen LogP contribution in [0.1, 0.15) is 13.3 Å². The largest absolute Gasteiger partial charge is 0.313 e. The highest BCUT2D eigenvalue weighted by Crippen LogP contribution is 2.08. The van der Waals surface area contributed by atoms with E-state index < -0.39 is 0 Å². The number of likely N-dealkylation sites (N-methyl/N-ethyl adjacent to an activating group) is 1. The lowest BCUT2D eigenvalue weighted by Gasteiger charge is -2.12. The third-order valence-corrected chi connectivity index (χ3v) is 1.66. The van der Waals surface area contributed by atoms with Crippen molar-refractivity contribution in [1.29, 1.82) is 0 Å². The Morgan fingerprint density at radius 1 is 1.67 bits per heavy atom. The summed E-state index contributed by atoms with van der Waals surface area (Å²) in [7, 11) is 1.99. The molecule has 0 aliphatic heterocycles. The molecule has 0 radical (unpaired) electrons. The summed E-state index contributed by atoms with van der Waals surface area (Å²) in [6.07, 6.45) is 7.75. The maximum atomic E-state index is 3.19. The summed E-state index contributed by atoms with van der Waals surface area (Å²) < 4.78 is 0. The van der Waals surface area contributed by atoms with Crippen molar-refractivity contribution in [1.82, 2.24) is 5.32 Å². The minimum absolute atomic E-state index is 0.564. The zero-order valence-corrected chi connectivity index (χ0v) is 6.02. The Hall–Kier alpha value is -0.560. The van der Waals surface area contributed by atoms with Crippen LogP contribution in [0.25, 0.3) is 0 Å². The van der Waals surface area contributed by atoms with Crippen LogP contribution in [-0.2, 0) is 0 Å². The molecule has 0 spiro atoms. The topological polar surface area (TPSA) is 12.0 Å². The molecule has 1 aliphatic carbocycles. The first-order chi connectivity index (χ1) is 4.33. The Morgan fingerprint density at radius 2 is 2.44 bits per heavy atom. The molecule has 9 heavy (non-hydrogen) atoms. The Balaban J connectivity index is 2.48. The minimum atomic E-state index is 0.564. The SMILES string of the molecule is CN[C@H]1C=CC(C)=CC1. The van der Waals surface area contributed by atoms with Gasteiger partial charge in [-0.1, -0.05) is 23.8 Å². The van der Waals surface area contributed by atoms with Crippen molar-refractivity contribution in [2.24, 2.45) is 0 Å². The zero-order valence-electron chi connectivity index (χ0n) is 6.02. The van der Waals surface area contributed by atoms with Crippen LogP contribution in [0.5, 0.6) is 0 Å². The molecule has 1 nitrogen and oxygen atoms in total. The molecular formula is C8H13N. The molecule has 0 heterocycles. The molecular weight excluding hydrogens is 110 g/mol. The van der Waals surface area contributed by atoms with E-state index in [9.17, 15) is 0 Å². The van der Waals surface area contributed by atoms with Crippen LogP contribution in [0.2, 0.25) is 0 Å². The molecule has 1 heteroatoms. The van der Waals surface area contributed by atoms with E-state index in [0.717, 1.165) is 6.42 Å². The van der Waals surface area contributed by atoms with E-state index in [-0.39, 0.29) is 0 Å². The second-order valence-electron chi connectivity index (χ2n) is 2.44. The van der Waals surface area contributed by atoms with E-state index in [4.69, 9.17) is 0 Å². The van der Waals surface area contributed by atoms with Gasteiger partial charge in [-0.2, -0.15) is 0 Å². The van der Waals surface area contributed by atoms with Crippen LogP contribution in [0.3, 0.4) is 0 Å². The van der Waals surface area contributed by atoms with Gasteiger partial charge in [-0.05, 0) is 20.4 Å². The van der Waals surface area contributed by atoms with Crippen molar-refractivity contribution in [2.75, 3.05) is 7.05 Å². The molecule has 1 N–H and O–H groups in total. The van der Waals surface area contributed by atoms with Crippen molar-refractivity contribution in [2.45, 2.75) is 19.4 Å². The quantitative estimate of drug-likeness (QED) is 0.557. The average molecular weight is 123 g/mol. The number of hydrogen-bond donors (Lipinski definition) is 1. The van der Waals surface area contributed by atoms with Gasteiger partial charge in [-0.3, -0.25) is 0 Å². The summed E-state index contributed by atoms with van der Waals surface area (Å²) >= 11 is 0. The Bertz CT molecular complexity index is 145. The Kier molecular flexibility index (Phi) is 2.06. The van der Waals surface area contributed by atoms with E-state index in [0.29, 0.717) is 6.04 Å². The number of rotatable bonds is 1. The molecule has 0 bridgehead atoms. The van der Waals surface area contributed by atoms with Crippen LogP contribution in [0, 0.1) is 0 Å². The van der Waals surface area contributed by atoms with Crippen molar-refractivity contribution in [3.8, 4) is 0 Å². The lowest BCUT2D eigenvalue weighted by atomic mass is 10.0. The Morgan fingerprint density at radius 3 is 2.89 bits per heavy atom. The maximum Gasteiger partial charge on any atom is 0.0285 e. The van der Waals surface area contributed by atoms with E-state index >= 15 is 0 Å². The molecule has 0 saturated carbocycles. The lowest BCUT2D eigenvalue weighted by molar-refractivity contribution is 0.669. The summed E-state index contributed by atoms with van der Waals surface area (Å²) in [6.45, 7) is 2.13. The first kappa shape index (κ1) is 6.56. The minimum Gasteiger partial charge on any atom is -0.313 e. The van der Waals surface area contributed by atoms with Gasteiger partial charge in [0.1, 0.15) is 0 Å². The summed E-state index contributed by atoms with van der Waals surface area (Å²) in [5, 5.41) is 3.19. The fourth-order valence-electron chi connectivity index (χ4n) is 0.941. The van der Waals surface area contributed by atoms with Gasteiger partial charge in [0.2, 0.25) is 0 Å². The van der Waals surface area contributed by atoms with E-state index in [2.05, 4.69) is 30.5 Å². The fourth-order valence-corrected chi connectivity index (χ4v) is 0.941. The first-order valence-electron chi connectivity index (χ1n) is 3.35. The van der Waals surface area contributed by atoms with E-state index in [1.807, 2.05) is 7.05 Å². The highest BCUT2D eigenvalue weighted by molar-refractivity contribution is 5.22. The number of allylic oxidation sites excluding steroid dienone is 2. The molecule has 0 fully saturated rings. The molecule has 1 atom stereocenters. The molecule has 0 unspecified atom stereocenters. The fraction of sp³-hybridized carbons (Fsp3) is 0.500. The van der Waals surface area contributed by atoms with Crippen molar-refractivity contribution in [3.63, 3.8) is 0 Å². The maximum absolute atomic E-state index is 3.19. The normalized spacial score (nSPS) is 26.0. The monoisotopic (exact) mass is 123 g/mol. The predicted molar refractivity (Wildman–Crippen MR) is 40.4 cm³/mol. The first-order valence-corrected chi connectivity index (χ1v) is 3.35. The molecule has 50 valence electrons. The second-order valence-corrected chi connectivity index (χ2v) is 2.44. The lowest BCUT2D eigenvalue weighted by Crippen LogP contribution is -2.22. The van der Waals surface area contributed by atoms with Gasteiger partial charge in [0.15, 0.2) is 0 Å². The van der Waals surface area contributed by atoms with E-state index in [1.165, 1.54) is 5.57 Å². The standard InChI is InChI=1S/C8H13N/c1-7-3-5-8(9-2)6-4-7/h3-5,8-9H,6H2,1-2H3/t8-/m0/s1.